The van der Waals surface area contributed by atoms with Gasteiger partial charge in [-0.15, -0.1) is 11.3 Å². The first-order valence-electron chi connectivity index (χ1n) is 17.9. The Morgan fingerprint density at radius 3 is 2.33 bits per heavy atom. The Bertz CT molecular complexity index is 1620. The van der Waals surface area contributed by atoms with Crippen LogP contribution in [-0.4, -0.2) is 101 Å². The minimum absolute atomic E-state index is 0.000360. The van der Waals surface area contributed by atoms with E-state index in [1.54, 1.807) is 18.4 Å². The summed E-state index contributed by atoms with van der Waals surface area (Å²) in [6.07, 6.45) is 2.07. The fraction of sp³-hybridized carbons (Fsp3) is 0.526. The van der Waals surface area contributed by atoms with E-state index in [9.17, 15) is 5.11 Å². The molecular weight excluding hydrogens is 671 g/mol. The quantitative estimate of drug-likeness (QED) is 0.198. The number of aliphatic hydroxyl groups is 1. The van der Waals surface area contributed by atoms with E-state index in [1.807, 2.05) is 19.1 Å². The molecule has 2 aromatic heterocycles. The molecule has 3 heterocycles. The molecule has 4 aromatic rings. The maximum absolute atomic E-state index is 10.3. The number of benzene rings is 2. The number of hydrogen-bond donors (Lipinski definition) is 4. The molecule has 4 bridgehead atoms. The first-order chi connectivity index (χ1) is 25.0. The van der Waals surface area contributed by atoms with Gasteiger partial charge in [-0.3, -0.25) is 5.32 Å². The average Bonchev–Trinajstić information content (AvgIpc) is 3.63. The number of aliphatic hydroxyl groups excluding tert-OH is 1. The molecule has 13 heteroatoms. The number of nitrogens with one attached hydrogen (secondary N) is 3. The number of hydrogen-bond acceptors (Lipinski definition) is 13. The van der Waals surface area contributed by atoms with Gasteiger partial charge >= 0.3 is 0 Å². The number of ether oxygens (including phenoxy) is 6. The summed E-state index contributed by atoms with van der Waals surface area (Å²) in [6.45, 7) is 10.4. The van der Waals surface area contributed by atoms with Gasteiger partial charge in [0.05, 0.1) is 71.5 Å². The van der Waals surface area contributed by atoms with Crippen molar-refractivity contribution in [1.29, 1.82) is 0 Å². The predicted molar refractivity (Wildman–Crippen MR) is 201 cm³/mol. The molecule has 1 aliphatic heterocycles. The van der Waals surface area contributed by atoms with Crippen LogP contribution in [0.3, 0.4) is 0 Å². The van der Waals surface area contributed by atoms with Crippen molar-refractivity contribution >= 4 is 28.1 Å². The van der Waals surface area contributed by atoms with Gasteiger partial charge in [0.25, 0.3) is 0 Å². The highest BCUT2D eigenvalue weighted by Crippen LogP contribution is 2.37. The highest BCUT2D eigenvalue weighted by molar-refractivity contribution is 7.15. The van der Waals surface area contributed by atoms with Gasteiger partial charge in [-0.2, -0.15) is 0 Å². The Morgan fingerprint density at radius 1 is 0.843 bits per heavy atom. The van der Waals surface area contributed by atoms with E-state index in [-0.39, 0.29) is 6.04 Å². The molecular formula is C38H53N5O7S. The molecule has 2 aromatic carbocycles. The van der Waals surface area contributed by atoms with Crippen LogP contribution in [0.15, 0.2) is 48.5 Å². The second-order valence-electron chi connectivity index (χ2n) is 12.3. The van der Waals surface area contributed by atoms with E-state index in [4.69, 9.17) is 33.4 Å². The number of nitrogens with zero attached hydrogens (tertiary/aromatic N) is 2. The van der Waals surface area contributed by atoms with Gasteiger partial charge in [0.1, 0.15) is 24.5 Å². The average molecular weight is 724 g/mol. The summed E-state index contributed by atoms with van der Waals surface area (Å²) in [5.74, 6) is 2.61. The van der Waals surface area contributed by atoms with E-state index in [0.29, 0.717) is 89.8 Å². The van der Waals surface area contributed by atoms with E-state index >= 15 is 0 Å². The first-order valence-corrected chi connectivity index (χ1v) is 18.7. The van der Waals surface area contributed by atoms with Crippen LogP contribution in [0.4, 0.5) is 5.82 Å². The summed E-state index contributed by atoms with van der Waals surface area (Å²) < 4.78 is 34.2. The topological polar surface area (TPSA) is 137 Å². The Hall–Kier alpha value is -3.40. The number of thiophene rings is 1. The Kier molecular flexibility index (Phi) is 16.1. The van der Waals surface area contributed by atoms with E-state index in [1.165, 1.54) is 20.9 Å². The summed E-state index contributed by atoms with van der Waals surface area (Å²) in [6, 6.07) is 16.8. The van der Waals surface area contributed by atoms with Crippen molar-refractivity contribution < 1.29 is 33.5 Å². The maximum atomic E-state index is 10.3. The van der Waals surface area contributed by atoms with E-state index in [2.05, 4.69) is 64.3 Å². The minimum atomic E-state index is -0.537. The van der Waals surface area contributed by atoms with Crippen LogP contribution >= 0.6 is 11.3 Å². The zero-order valence-electron chi connectivity index (χ0n) is 30.1. The molecule has 51 heavy (non-hydrogen) atoms. The Morgan fingerprint density at radius 2 is 1.57 bits per heavy atom. The molecule has 0 spiro atoms. The second-order valence-corrected chi connectivity index (χ2v) is 13.4. The largest absolute Gasteiger partial charge is 0.493 e. The van der Waals surface area contributed by atoms with Gasteiger partial charge in [0, 0.05) is 34.3 Å². The molecule has 1 aliphatic rings. The lowest BCUT2D eigenvalue weighted by Gasteiger charge is -2.17. The number of aromatic nitrogens is 2. The van der Waals surface area contributed by atoms with Crippen LogP contribution in [0, 0.1) is 6.92 Å². The van der Waals surface area contributed by atoms with Crippen molar-refractivity contribution in [2.24, 2.45) is 0 Å². The van der Waals surface area contributed by atoms with Gasteiger partial charge in [0.15, 0.2) is 11.5 Å². The molecule has 2 atom stereocenters. The zero-order chi connectivity index (χ0) is 35.7. The van der Waals surface area contributed by atoms with Crippen LogP contribution < -0.4 is 25.4 Å². The lowest BCUT2D eigenvalue weighted by atomic mass is 10.1. The molecule has 0 aliphatic carbocycles. The number of rotatable bonds is 1. The van der Waals surface area contributed by atoms with Crippen LogP contribution in [0.25, 0.3) is 21.3 Å². The molecule has 5 rings (SSSR count). The van der Waals surface area contributed by atoms with Crippen LogP contribution in [-0.2, 0) is 25.5 Å². The van der Waals surface area contributed by atoms with Gasteiger partial charge in [-0.1, -0.05) is 24.3 Å². The maximum Gasteiger partial charge on any atom is 0.162 e. The van der Waals surface area contributed by atoms with Crippen LogP contribution in [0.5, 0.6) is 11.5 Å². The molecule has 4 N–H and O–H groups in total. The smallest absolute Gasteiger partial charge is 0.162 e. The Balaban J connectivity index is 1.26. The fourth-order valence-corrected chi connectivity index (χ4v) is 6.81. The zero-order valence-corrected chi connectivity index (χ0v) is 30.9. The van der Waals surface area contributed by atoms with E-state index < -0.39 is 6.23 Å². The first kappa shape index (κ1) is 38.8. The van der Waals surface area contributed by atoms with Crippen molar-refractivity contribution in [2.75, 3.05) is 85.0 Å². The molecule has 0 saturated heterocycles. The van der Waals surface area contributed by atoms with Crippen molar-refractivity contribution in [1.82, 2.24) is 20.6 Å². The van der Waals surface area contributed by atoms with Crippen molar-refractivity contribution in [3.05, 3.63) is 64.8 Å². The van der Waals surface area contributed by atoms with Gasteiger partial charge < -0.3 is 44.2 Å². The summed E-state index contributed by atoms with van der Waals surface area (Å²) in [5.41, 5.74) is 3.26. The second kappa shape index (κ2) is 21.2. The number of methoxy groups -OCH3 is 1. The third-order valence-electron chi connectivity index (χ3n) is 8.41. The van der Waals surface area contributed by atoms with Gasteiger partial charge in [0.2, 0.25) is 0 Å². The number of anilines is 1. The van der Waals surface area contributed by atoms with Gasteiger partial charge in [-0.25, -0.2) is 9.97 Å². The molecule has 12 nitrogen and oxygen atoms in total. The van der Waals surface area contributed by atoms with Crippen LogP contribution in [0.1, 0.15) is 48.5 Å². The lowest BCUT2D eigenvalue weighted by molar-refractivity contribution is -0.00526. The highest BCUT2D eigenvalue weighted by Gasteiger charge is 2.17. The third kappa shape index (κ3) is 12.4. The normalized spacial score (nSPS) is 20.4. The molecule has 0 fully saturated rings. The van der Waals surface area contributed by atoms with Crippen LogP contribution in [0.2, 0.25) is 0 Å². The van der Waals surface area contributed by atoms with Gasteiger partial charge in [-0.05, 0) is 69.0 Å². The van der Waals surface area contributed by atoms with Crippen molar-refractivity contribution in [2.45, 2.75) is 51.9 Å². The summed E-state index contributed by atoms with van der Waals surface area (Å²) in [7, 11) is 1.63. The van der Waals surface area contributed by atoms with Crippen molar-refractivity contribution in [3.8, 4) is 21.9 Å². The summed E-state index contributed by atoms with van der Waals surface area (Å²) in [4.78, 5) is 11.9. The standard InChI is InChI=1S/C38H53N5O7S/c1-27-35-11-12-36(51-35)30-9-5-4-8-29(30)26-39-13-7-6-10-37(44)40-14-15-46-16-17-47-18-19-48-20-21-49-22-23-50-34-24-31-32(25-33(34)45-3)42-28(2)43-38(31)41-27/h4-5,8-9,11-12,24-25,27,37,39-40,44H,6-7,10,13-23,26H2,1-3H3,(H,41,42,43). The highest BCUT2D eigenvalue weighted by atomic mass is 32.1. The number of aryl methyl sites for hydroxylation is 1. The number of fused-ring (bicyclic) bond motifs is 5. The molecule has 0 saturated carbocycles. The fourth-order valence-electron chi connectivity index (χ4n) is 5.74. The predicted octanol–water partition coefficient (Wildman–Crippen LogP) is 5.48. The lowest BCUT2D eigenvalue weighted by Crippen LogP contribution is -2.32. The summed E-state index contributed by atoms with van der Waals surface area (Å²) in [5, 5.41) is 21.5. The monoisotopic (exact) mass is 723 g/mol. The van der Waals surface area contributed by atoms with Crippen molar-refractivity contribution in [3.63, 3.8) is 0 Å². The molecule has 278 valence electrons. The molecule has 0 radical (unpaired) electrons. The minimum Gasteiger partial charge on any atom is -0.493 e. The summed E-state index contributed by atoms with van der Waals surface area (Å²) >= 11 is 1.78. The molecule has 0 amide bonds. The molecule has 2 unspecified atom stereocenters. The third-order valence-corrected chi connectivity index (χ3v) is 9.71. The Labute approximate surface area is 305 Å². The SMILES string of the molecule is COc1cc2nc(C)nc3c2cc1OCCOCCOCCOCCOCCNC(O)CCCCNCc1ccccc1-c1ccc(s1)C(C)N3. The van der Waals surface area contributed by atoms with E-state index in [0.717, 1.165) is 42.7 Å².